The molecule has 0 N–H and O–H groups in total. The number of methoxy groups -OCH3 is 1. The molecule has 0 aliphatic heterocycles. The SMILES string of the molecule is C=CCC(OCc1c(CC)c2ccccc2c2ccccc12)c1ccc(OC)cc1. The van der Waals surface area contributed by atoms with Crippen molar-refractivity contribution in [1.82, 2.24) is 0 Å². The Kier molecular flexibility index (Phi) is 6.15. The van der Waals surface area contributed by atoms with Crippen molar-refractivity contribution in [3.05, 3.63) is 102 Å². The molecule has 4 rings (SSSR count). The highest BCUT2D eigenvalue weighted by Crippen LogP contribution is 2.35. The number of rotatable bonds is 8. The molecule has 2 nitrogen and oxygen atoms in total. The molecule has 0 heterocycles. The highest BCUT2D eigenvalue weighted by Gasteiger charge is 2.16. The lowest BCUT2D eigenvalue weighted by atomic mass is 9.90. The molecular weight excluding hydrogens is 368 g/mol. The highest BCUT2D eigenvalue weighted by molar-refractivity contribution is 6.10. The monoisotopic (exact) mass is 396 g/mol. The summed E-state index contributed by atoms with van der Waals surface area (Å²) in [5.41, 5.74) is 3.80. The molecule has 4 aromatic rings. The third-order valence-corrected chi connectivity index (χ3v) is 5.81. The van der Waals surface area contributed by atoms with Gasteiger partial charge >= 0.3 is 0 Å². The zero-order valence-corrected chi connectivity index (χ0v) is 17.7. The Balaban J connectivity index is 1.75. The molecule has 0 amide bonds. The molecule has 1 atom stereocenters. The van der Waals surface area contributed by atoms with Crippen LogP contribution in [0.15, 0.2) is 85.5 Å². The fourth-order valence-electron chi connectivity index (χ4n) is 4.31. The van der Waals surface area contributed by atoms with Crippen LogP contribution in [0.3, 0.4) is 0 Å². The first-order chi connectivity index (χ1) is 14.8. The van der Waals surface area contributed by atoms with Gasteiger partial charge in [0, 0.05) is 0 Å². The normalized spacial score (nSPS) is 12.2. The summed E-state index contributed by atoms with van der Waals surface area (Å²) in [6, 6.07) is 25.5. The van der Waals surface area contributed by atoms with Gasteiger partial charge in [0.15, 0.2) is 0 Å². The van der Waals surface area contributed by atoms with Crippen molar-refractivity contribution in [3.8, 4) is 5.75 Å². The molecule has 1 unspecified atom stereocenters. The first-order valence-corrected chi connectivity index (χ1v) is 10.5. The zero-order chi connectivity index (χ0) is 20.9. The van der Waals surface area contributed by atoms with Gasteiger partial charge in [-0.1, -0.05) is 73.7 Å². The minimum Gasteiger partial charge on any atom is -0.497 e. The number of fused-ring (bicyclic) bond motifs is 3. The Morgan fingerprint density at radius 2 is 1.37 bits per heavy atom. The predicted octanol–water partition coefficient (Wildman–Crippen LogP) is 7.40. The van der Waals surface area contributed by atoms with E-state index in [2.05, 4.69) is 74.2 Å². The summed E-state index contributed by atoms with van der Waals surface area (Å²) >= 11 is 0. The largest absolute Gasteiger partial charge is 0.497 e. The van der Waals surface area contributed by atoms with Crippen molar-refractivity contribution >= 4 is 21.5 Å². The number of benzene rings is 4. The van der Waals surface area contributed by atoms with Gasteiger partial charge in [-0.3, -0.25) is 0 Å². The van der Waals surface area contributed by atoms with E-state index in [0.29, 0.717) is 6.61 Å². The van der Waals surface area contributed by atoms with Crippen LogP contribution in [0.5, 0.6) is 5.75 Å². The van der Waals surface area contributed by atoms with Crippen molar-refractivity contribution < 1.29 is 9.47 Å². The molecular formula is C28H28O2. The lowest BCUT2D eigenvalue weighted by Crippen LogP contribution is -2.06. The van der Waals surface area contributed by atoms with E-state index >= 15 is 0 Å². The second kappa shape index (κ2) is 9.15. The molecule has 0 aliphatic rings. The number of aryl methyl sites for hydroxylation is 1. The average molecular weight is 397 g/mol. The van der Waals surface area contributed by atoms with Gasteiger partial charge in [-0.25, -0.2) is 0 Å². The van der Waals surface area contributed by atoms with E-state index in [1.807, 2.05) is 18.2 Å². The number of hydrogen-bond acceptors (Lipinski definition) is 2. The van der Waals surface area contributed by atoms with Gasteiger partial charge in [0.1, 0.15) is 5.75 Å². The van der Waals surface area contributed by atoms with Crippen LogP contribution in [-0.4, -0.2) is 7.11 Å². The standard InChI is InChI=1S/C28H28O2/c1-4-10-28(20-15-17-21(29-3)18-16-20)30-19-27-22(5-2)23-11-6-7-12-24(23)25-13-8-9-14-26(25)27/h4,6-9,11-18,28H,1,5,10,19H2,2-3H3. The van der Waals surface area contributed by atoms with Crippen LogP contribution in [-0.2, 0) is 17.8 Å². The van der Waals surface area contributed by atoms with E-state index in [9.17, 15) is 0 Å². The van der Waals surface area contributed by atoms with E-state index in [0.717, 1.165) is 24.2 Å². The van der Waals surface area contributed by atoms with Gasteiger partial charge in [0.05, 0.1) is 19.8 Å². The van der Waals surface area contributed by atoms with E-state index < -0.39 is 0 Å². The maximum Gasteiger partial charge on any atom is 0.118 e. The molecule has 0 radical (unpaired) electrons. The molecule has 30 heavy (non-hydrogen) atoms. The maximum absolute atomic E-state index is 6.52. The van der Waals surface area contributed by atoms with Gasteiger partial charge in [0.2, 0.25) is 0 Å². The van der Waals surface area contributed by atoms with Crippen molar-refractivity contribution in [2.75, 3.05) is 7.11 Å². The Labute approximate surface area is 178 Å². The summed E-state index contributed by atoms with van der Waals surface area (Å²) in [5.74, 6) is 0.852. The van der Waals surface area contributed by atoms with Crippen LogP contribution in [0.4, 0.5) is 0 Å². The molecule has 0 bridgehead atoms. The first kappa shape index (κ1) is 20.2. The molecule has 0 aliphatic carbocycles. The van der Waals surface area contributed by atoms with Gasteiger partial charge in [-0.15, -0.1) is 6.58 Å². The fourth-order valence-corrected chi connectivity index (χ4v) is 4.31. The summed E-state index contributed by atoms with van der Waals surface area (Å²) in [4.78, 5) is 0. The minimum absolute atomic E-state index is 0.0386. The second-order valence-electron chi connectivity index (χ2n) is 7.50. The van der Waals surface area contributed by atoms with E-state index in [1.165, 1.54) is 32.7 Å². The van der Waals surface area contributed by atoms with Gasteiger partial charge in [0.25, 0.3) is 0 Å². The Bertz CT molecular complexity index is 1160. The molecule has 152 valence electrons. The Morgan fingerprint density at radius 3 is 1.90 bits per heavy atom. The summed E-state index contributed by atoms with van der Waals surface area (Å²) in [6.45, 7) is 6.73. The summed E-state index contributed by atoms with van der Waals surface area (Å²) < 4.78 is 11.8. The molecule has 0 aromatic heterocycles. The molecule has 2 heteroatoms. The third kappa shape index (κ3) is 3.83. The molecule has 4 aromatic carbocycles. The van der Waals surface area contributed by atoms with Crippen molar-refractivity contribution in [2.24, 2.45) is 0 Å². The van der Waals surface area contributed by atoms with Gasteiger partial charge in [-0.2, -0.15) is 0 Å². The fraction of sp³-hybridized carbons (Fsp3) is 0.214. The Morgan fingerprint density at radius 1 is 0.800 bits per heavy atom. The van der Waals surface area contributed by atoms with E-state index in [1.54, 1.807) is 7.11 Å². The van der Waals surface area contributed by atoms with E-state index in [4.69, 9.17) is 9.47 Å². The van der Waals surface area contributed by atoms with Crippen molar-refractivity contribution in [3.63, 3.8) is 0 Å². The summed E-state index contributed by atoms with van der Waals surface area (Å²) in [5, 5.41) is 5.20. The van der Waals surface area contributed by atoms with Crippen molar-refractivity contribution in [2.45, 2.75) is 32.5 Å². The van der Waals surface area contributed by atoms with Crippen LogP contribution in [0.2, 0.25) is 0 Å². The summed E-state index contributed by atoms with van der Waals surface area (Å²) in [6.07, 6.45) is 3.62. The Hall–Kier alpha value is -3.10. The molecule has 0 saturated carbocycles. The maximum atomic E-state index is 6.52. The predicted molar refractivity (Wildman–Crippen MR) is 126 cm³/mol. The topological polar surface area (TPSA) is 18.5 Å². The summed E-state index contributed by atoms with van der Waals surface area (Å²) in [7, 11) is 1.68. The minimum atomic E-state index is -0.0386. The van der Waals surface area contributed by atoms with Gasteiger partial charge in [-0.05, 0) is 63.2 Å². The van der Waals surface area contributed by atoms with E-state index in [-0.39, 0.29) is 6.10 Å². The lowest BCUT2D eigenvalue weighted by Gasteiger charge is -2.21. The van der Waals surface area contributed by atoms with Gasteiger partial charge < -0.3 is 9.47 Å². The molecule has 0 spiro atoms. The smallest absolute Gasteiger partial charge is 0.118 e. The van der Waals surface area contributed by atoms with Crippen LogP contribution < -0.4 is 4.74 Å². The van der Waals surface area contributed by atoms with Crippen LogP contribution in [0.1, 0.15) is 36.1 Å². The number of ether oxygens (including phenoxy) is 2. The van der Waals surface area contributed by atoms with Crippen LogP contribution in [0.25, 0.3) is 21.5 Å². The van der Waals surface area contributed by atoms with Crippen molar-refractivity contribution in [1.29, 1.82) is 0 Å². The van der Waals surface area contributed by atoms with Crippen LogP contribution >= 0.6 is 0 Å². The first-order valence-electron chi connectivity index (χ1n) is 10.5. The highest BCUT2D eigenvalue weighted by atomic mass is 16.5. The molecule has 0 saturated heterocycles. The van der Waals surface area contributed by atoms with Crippen LogP contribution in [0, 0.1) is 0 Å². The third-order valence-electron chi connectivity index (χ3n) is 5.81. The lowest BCUT2D eigenvalue weighted by molar-refractivity contribution is 0.0421. The quantitative estimate of drug-likeness (QED) is 0.228. The number of hydrogen-bond donors (Lipinski definition) is 0. The molecule has 0 fully saturated rings. The average Bonchev–Trinajstić information content (AvgIpc) is 2.81. The zero-order valence-electron chi connectivity index (χ0n) is 17.7. The second-order valence-corrected chi connectivity index (χ2v) is 7.50.